The summed E-state index contributed by atoms with van der Waals surface area (Å²) in [4.78, 5) is 11.7. The third kappa shape index (κ3) is 2.80. The normalized spacial score (nSPS) is 27.3. The van der Waals surface area contributed by atoms with Crippen LogP contribution in [0.5, 0.6) is 0 Å². The molecule has 0 radical (unpaired) electrons. The van der Waals surface area contributed by atoms with Crippen LogP contribution in [0.4, 0.5) is 5.82 Å². The molecular formula is C11H18N4O3. The van der Waals surface area contributed by atoms with Gasteiger partial charge in [0.05, 0.1) is 6.10 Å². The second-order valence-electron chi connectivity index (χ2n) is 4.58. The van der Waals surface area contributed by atoms with Gasteiger partial charge in [0.2, 0.25) is 5.91 Å². The molecule has 18 heavy (non-hydrogen) atoms. The van der Waals surface area contributed by atoms with Crippen LogP contribution in [0.3, 0.4) is 0 Å². The molecule has 100 valence electrons. The van der Waals surface area contributed by atoms with Gasteiger partial charge in [-0.1, -0.05) is 0 Å². The largest absolute Gasteiger partial charge is 0.385 e. The van der Waals surface area contributed by atoms with Crippen molar-refractivity contribution in [1.29, 1.82) is 0 Å². The fourth-order valence-corrected chi connectivity index (χ4v) is 1.92. The number of aliphatic hydroxyl groups is 1. The molecule has 1 aliphatic rings. The summed E-state index contributed by atoms with van der Waals surface area (Å²) in [6.45, 7) is 2.59. The van der Waals surface area contributed by atoms with Gasteiger partial charge in [0.15, 0.2) is 0 Å². The highest BCUT2D eigenvalue weighted by Gasteiger charge is 2.39. The molecule has 0 aromatic carbocycles. The maximum Gasteiger partial charge on any atom is 0.241 e. The molecular weight excluding hydrogens is 236 g/mol. The minimum absolute atomic E-state index is 0.0858. The molecule has 2 heterocycles. The smallest absolute Gasteiger partial charge is 0.241 e. The standard InChI is InChI=1S/C11H18N4O3/c1-8-11(17,3-5-18-8)7-13-10(16)6-15-4-2-9(12)14-15/h2,4,8,17H,3,5-7H2,1H3,(H2,12,14)(H,13,16). The van der Waals surface area contributed by atoms with Gasteiger partial charge in [0.25, 0.3) is 0 Å². The summed E-state index contributed by atoms with van der Waals surface area (Å²) in [6.07, 6.45) is 1.90. The average Bonchev–Trinajstić information content (AvgIpc) is 2.85. The molecule has 7 nitrogen and oxygen atoms in total. The van der Waals surface area contributed by atoms with Crippen molar-refractivity contribution in [2.45, 2.75) is 31.6 Å². The molecule has 7 heteroatoms. The molecule has 0 spiro atoms. The Bertz CT molecular complexity index is 434. The fourth-order valence-electron chi connectivity index (χ4n) is 1.92. The third-order valence-corrected chi connectivity index (χ3v) is 3.22. The van der Waals surface area contributed by atoms with Gasteiger partial charge in [-0.25, -0.2) is 0 Å². The van der Waals surface area contributed by atoms with E-state index in [2.05, 4.69) is 10.4 Å². The van der Waals surface area contributed by atoms with Crippen molar-refractivity contribution >= 4 is 11.7 Å². The fraction of sp³-hybridized carbons (Fsp3) is 0.636. The first-order valence-corrected chi connectivity index (χ1v) is 5.89. The summed E-state index contributed by atoms with van der Waals surface area (Å²) >= 11 is 0. The number of hydrogen-bond donors (Lipinski definition) is 3. The van der Waals surface area contributed by atoms with Gasteiger partial charge in [-0.3, -0.25) is 9.48 Å². The first kappa shape index (κ1) is 12.8. The predicted octanol–water partition coefficient (Wildman–Crippen LogP) is -0.879. The number of rotatable bonds is 4. The molecule has 1 saturated heterocycles. The van der Waals surface area contributed by atoms with E-state index in [-0.39, 0.29) is 25.1 Å². The van der Waals surface area contributed by atoms with Gasteiger partial charge in [0.1, 0.15) is 18.0 Å². The van der Waals surface area contributed by atoms with E-state index in [0.29, 0.717) is 18.8 Å². The number of hydrogen-bond acceptors (Lipinski definition) is 5. The first-order valence-electron chi connectivity index (χ1n) is 5.89. The van der Waals surface area contributed by atoms with Crippen LogP contribution in [0.1, 0.15) is 13.3 Å². The van der Waals surface area contributed by atoms with Gasteiger partial charge in [0, 0.05) is 25.8 Å². The van der Waals surface area contributed by atoms with Crippen molar-refractivity contribution in [3.8, 4) is 0 Å². The predicted molar refractivity (Wildman–Crippen MR) is 64.6 cm³/mol. The van der Waals surface area contributed by atoms with E-state index in [9.17, 15) is 9.90 Å². The molecule has 2 atom stereocenters. The number of ether oxygens (including phenoxy) is 1. The molecule has 0 aliphatic carbocycles. The number of carbonyl (C=O) groups is 1. The summed E-state index contributed by atoms with van der Waals surface area (Å²) in [5.74, 6) is 0.157. The van der Waals surface area contributed by atoms with Crippen molar-refractivity contribution in [3.63, 3.8) is 0 Å². The minimum Gasteiger partial charge on any atom is -0.385 e. The first-order chi connectivity index (χ1) is 8.49. The Hall–Kier alpha value is -1.60. The SMILES string of the molecule is CC1OCCC1(O)CNC(=O)Cn1ccc(N)n1. The molecule has 2 rings (SSSR count). The number of amides is 1. The van der Waals surface area contributed by atoms with Crippen LogP contribution in [0, 0.1) is 0 Å². The molecule has 1 amide bonds. The zero-order valence-electron chi connectivity index (χ0n) is 10.3. The average molecular weight is 254 g/mol. The van der Waals surface area contributed by atoms with E-state index in [1.807, 2.05) is 0 Å². The summed E-state index contributed by atoms with van der Waals surface area (Å²) in [6, 6.07) is 1.62. The third-order valence-electron chi connectivity index (χ3n) is 3.22. The van der Waals surface area contributed by atoms with Crippen LogP contribution in [-0.2, 0) is 16.1 Å². The van der Waals surface area contributed by atoms with E-state index >= 15 is 0 Å². The van der Waals surface area contributed by atoms with Crippen molar-refractivity contribution in [1.82, 2.24) is 15.1 Å². The summed E-state index contributed by atoms with van der Waals surface area (Å²) < 4.78 is 6.73. The molecule has 2 unspecified atom stereocenters. The number of nitrogens with zero attached hydrogens (tertiary/aromatic N) is 2. The van der Waals surface area contributed by atoms with Crippen LogP contribution in [0.25, 0.3) is 0 Å². The van der Waals surface area contributed by atoms with Gasteiger partial charge in [-0.15, -0.1) is 0 Å². The molecule has 0 saturated carbocycles. The highest BCUT2D eigenvalue weighted by Crippen LogP contribution is 2.24. The maximum absolute atomic E-state index is 11.7. The quantitative estimate of drug-likeness (QED) is 0.647. The summed E-state index contributed by atoms with van der Waals surface area (Å²) in [5, 5.41) is 16.8. The van der Waals surface area contributed by atoms with Gasteiger partial charge < -0.3 is 20.9 Å². The highest BCUT2D eigenvalue weighted by atomic mass is 16.5. The van der Waals surface area contributed by atoms with Crippen molar-refractivity contribution < 1.29 is 14.6 Å². The van der Waals surface area contributed by atoms with E-state index in [4.69, 9.17) is 10.5 Å². The lowest BCUT2D eigenvalue weighted by Gasteiger charge is -2.26. The summed E-state index contributed by atoms with van der Waals surface area (Å²) in [7, 11) is 0. The molecule has 0 bridgehead atoms. The molecule has 1 fully saturated rings. The van der Waals surface area contributed by atoms with E-state index in [0.717, 1.165) is 0 Å². The van der Waals surface area contributed by atoms with Crippen LogP contribution < -0.4 is 11.1 Å². The number of aromatic nitrogens is 2. The van der Waals surface area contributed by atoms with Crippen LogP contribution in [0.2, 0.25) is 0 Å². The zero-order valence-corrected chi connectivity index (χ0v) is 10.3. The van der Waals surface area contributed by atoms with Crippen LogP contribution in [-0.4, -0.2) is 45.7 Å². The maximum atomic E-state index is 11.7. The Labute approximate surface area is 105 Å². The monoisotopic (exact) mass is 254 g/mol. The molecule has 1 aliphatic heterocycles. The van der Waals surface area contributed by atoms with Crippen molar-refractivity contribution in [2.24, 2.45) is 0 Å². The Kier molecular flexibility index (Phi) is 3.53. The topological polar surface area (TPSA) is 102 Å². The minimum atomic E-state index is -0.973. The van der Waals surface area contributed by atoms with E-state index in [1.165, 1.54) is 4.68 Å². The van der Waals surface area contributed by atoms with Gasteiger partial charge in [-0.05, 0) is 13.0 Å². The molecule has 1 aromatic heterocycles. The van der Waals surface area contributed by atoms with Gasteiger partial charge in [-0.2, -0.15) is 5.10 Å². The number of carbonyl (C=O) groups excluding carboxylic acids is 1. The molecule has 4 N–H and O–H groups in total. The number of nitrogen functional groups attached to an aromatic ring is 1. The van der Waals surface area contributed by atoms with Crippen LogP contribution >= 0.6 is 0 Å². The zero-order chi connectivity index (χ0) is 13.2. The number of anilines is 1. The Balaban J connectivity index is 1.81. The van der Waals surface area contributed by atoms with Crippen molar-refractivity contribution in [3.05, 3.63) is 12.3 Å². The lowest BCUT2D eigenvalue weighted by Crippen LogP contribution is -2.48. The van der Waals surface area contributed by atoms with Crippen molar-refractivity contribution in [2.75, 3.05) is 18.9 Å². The highest BCUT2D eigenvalue weighted by molar-refractivity contribution is 5.75. The Morgan fingerprint density at radius 1 is 1.83 bits per heavy atom. The second-order valence-corrected chi connectivity index (χ2v) is 4.58. The Morgan fingerprint density at radius 3 is 3.17 bits per heavy atom. The van der Waals surface area contributed by atoms with E-state index < -0.39 is 5.60 Å². The lowest BCUT2D eigenvalue weighted by atomic mass is 9.97. The number of nitrogens with one attached hydrogen (secondary N) is 1. The lowest BCUT2D eigenvalue weighted by molar-refractivity contribution is -0.123. The van der Waals surface area contributed by atoms with Crippen LogP contribution in [0.15, 0.2) is 12.3 Å². The summed E-state index contributed by atoms with van der Waals surface area (Å²) in [5.41, 5.74) is 4.47. The second kappa shape index (κ2) is 4.95. The number of nitrogens with two attached hydrogens (primary N) is 1. The van der Waals surface area contributed by atoms with E-state index in [1.54, 1.807) is 19.2 Å². The Morgan fingerprint density at radius 2 is 2.61 bits per heavy atom. The molecule has 1 aromatic rings. The van der Waals surface area contributed by atoms with Gasteiger partial charge >= 0.3 is 0 Å².